The number of hydrogen-bond acceptors (Lipinski definition) is 2. The van der Waals surface area contributed by atoms with E-state index < -0.39 is 0 Å². The molecule has 0 aromatic heterocycles. The minimum atomic E-state index is 0.607. The highest BCUT2D eigenvalue weighted by atomic mass is 16.5. The van der Waals surface area contributed by atoms with Crippen molar-refractivity contribution in [3.05, 3.63) is 35.4 Å². The van der Waals surface area contributed by atoms with E-state index in [1.165, 1.54) is 0 Å². The maximum Gasteiger partial charge on any atom is 0.366 e. The molecule has 0 amide bonds. The van der Waals surface area contributed by atoms with Gasteiger partial charge in [0.05, 0.1) is 0 Å². The van der Waals surface area contributed by atoms with Crippen LogP contribution < -0.4 is 9.39 Å². The third-order valence-electron chi connectivity index (χ3n) is 2.25. The van der Waals surface area contributed by atoms with Crippen LogP contribution in [0.5, 0.6) is 11.5 Å². The number of benzene rings is 1. The molecule has 99 valence electrons. The lowest BCUT2D eigenvalue weighted by atomic mass is 10.0. The first kappa shape index (κ1) is 16.6. The zero-order chi connectivity index (χ0) is 14.0. The van der Waals surface area contributed by atoms with Gasteiger partial charge in [-0.2, -0.15) is 0 Å². The Kier molecular flexibility index (Phi) is 8.90. The van der Waals surface area contributed by atoms with Crippen LogP contribution in [-0.4, -0.2) is 14.1 Å². The van der Waals surface area contributed by atoms with E-state index in [0.29, 0.717) is 6.61 Å². The highest BCUT2D eigenvalue weighted by Gasteiger charge is 2.06. The molecule has 18 heavy (non-hydrogen) atoms. The van der Waals surface area contributed by atoms with Crippen LogP contribution in [-0.2, 0) is 0 Å². The maximum atomic E-state index is 5.59. The molecular weight excluding hydrogens is 223 g/mol. The highest BCUT2D eigenvalue weighted by Crippen LogP contribution is 2.28. The molecule has 0 N–H and O–H groups in total. The molecular formula is C15H24BO2. The molecule has 0 fully saturated rings. The van der Waals surface area contributed by atoms with E-state index >= 15 is 0 Å². The summed E-state index contributed by atoms with van der Waals surface area (Å²) in [5, 5.41) is 0. The van der Waals surface area contributed by atoms with Gasteiger partial charge in [0.1, 0.15) is 18.1 Å². The van der Waals surface area contributed by atoms with Crippen LogP contribution in [0.3, 0.4) is 0 Å². The van der Waals surface area contributed by atoms with Gasteiger partial charge in [-0.3, -0.25) is 0 Å². The van der Waals surface area contributed by atoms with Crippen LogP contribution in [0.4, 0.5) is 0 Å². The highest BCUT2D eigenvalue weighted by molar-refractivity contribution is 6.26. The van der Waals surface area contributed by atoms with E-state index in [1.807, 2.05) is 65.7 Å². The third-order valence-corrected chi connectivity index (χ3v) is 2.25. The molecule has 1 aromatic carbocycles. The fourth-order valence-corrected chi connectivity index (χ4v) is 1.54. The van der Waals surface area contributed by atoms with Gasteiger partial charge in [0.2, 0.25) is 0 Å². The monoisotopic (exact) mass is 247 g/mol. The Labute approximate surface area is 112 Å². The maximum absolute atomic E-state index is 5.59. The van der Waals surface area contributed by atoms with Gasteiger partial charge in [-0.05, 0) is 44.0 Å². The Bertz CT molecular complexity index is 350. The molecule has 0 unspecified atom stereocenters. The summed E-state index contributed by atoms with van der Waals surface area (Å²) in [5.74, 6) is 1.80. The van der Waals surface area contributed by atoms with Crippen LogP contribution in [0, 0.1) is 13.8 Å². The van der Waals surface area contributed by atoms with Crippen LogP contribution in [0.1, 0.15) is 31.9 Å². The predicted octanol–water partition coefficient (Wildman–Crippen LogP) is 4.33. The molecule has 1 radical (unpaired) electrons. The Morgan fingerprint density at radius 3 is 2.17 bits per heavy atom. The summed E-state index contributed by atoms with van der Waals surface area (Å²) in [6, 6.07) is 3.99. The van der Waals surface area contributed by atoms with Crippen LogP contribution >= 0.6 is 0 Å². The van der Waals surface area contributed by atoms with Gasteiger partial charge < -0.3 is 9.39 Å². The normalized spacial score (nSPS) is 9.67. The first-order chi connectivity index (χ1) is 8.69. The fourth-order valence-electron chi connectivity index (χ4n) is 1.54. The average molecular weight is 247 g/mol. The van der Waals surface area contributed by atoms with Crippen molar-refractivity contribution in [1.82, 2.24) is 0 Å². The van der Waals surface area contributed by atoms with Crippen LogP contribution in [0.2, 0.25) is 6.82 Å². The van der Waals surface area contributed by atoms with Gasteiger partial charge in [0.15, 0.2) is 0 Å². The van der Waals surface area contributed by atoms with Gasteiger partial charge in [-0.1, -0.05) is 32.8 Å². The van der Waals surface area contributed by atoms with Crippen molar-refractivity contribution in [1.29, 1.82) is 0 Å². The van der Waals surface area contributed by atoms with Crippen molar-refractivity contribution in [3.8, 4) is 11.5 Å². The Balaban J connectivity index is 0.00000137. The zero-order valence-corrected chi connectivity index (χ0v) is 12.4. The molecule has 0 spiro atoms. The molecule has 3 heteroatoms. The van der Waals surface area contributed by atoms with Crippen molar-refractivity contribution >= 4 is 7.48 Å². The summed E-state index contributed by atoms with van der Waals surface area (Å²) in [6.07, 6.45) is 3.96. The molecule has 2 nitrogen and oxygen atoms in total. The summed E-state index contributed by atoms with van der Waals surface area (Å²) in [5.41, 5.74) is 2.18. The second kappa shape index (κ2) is 9.63. The van der Waals surface area contributed by atoms with Crippen molar-refractivity contribution in [2.45, 2.75) is 41.4 Å². The second-order valence-electron chi connectivity index (χ2n) is 3.62. The average Bonchev–Trinajstić information content (AvgIpc) is 2.37. The quantitative estimate of drug-likeness (QED) is 0.569. The lowest BCUT2D eigenvalue weighted by Crippen LogP contribution is -2.01. The summed E-state index contributed by atoms with van der Waals surface area (Å²) in [6.45, 7) is 12.5. The van der Waals surface area contributed by atoms with Gasteiger partial charge in [0, 0.05) is 0 Å². The molecule has 0 saturated heterocycles. The van der Waals surface area contributed by atoms with E-state index in [2.05, 4.69) is 0 Å². The molecule has 1 rings (SSSR count). The first-order valence-electron chi connectivity index (χ1n) is 6.48. The molecule has 0 saturated carbocycles. The minimum absolute atomic E-state index is 0.607. The third kappa shape index (κ3) is 5.30. The standard InChI is InChI=1S/C13H18BO2.C2H6/c1-5-6-7-15-12-8-10(2)13(16-14-4)11(3)9-12;1-2/h5-6,8-9H,7H2,1-4H3;1-2H3/b6-5+;. The molecule has 1 aromatic rings. The van der Waals surface area contributed by atoms with Gasteiger partial charge in [0.25, 0.3) is 0 Å². The van der Waals surface area contributed by atoms with Gasteiger partial charge in [-0.25, -0.2) is 0 Å². The van der Waals surface area contributed by atoms with Crippen molar-refractivity contribution in [3.63, 3.8) is 0 Å². The zero-order valence-electron chi connectivity index (χ0n) is 12.4. The molecule has 0 heterocycles. The van der Waals surface area contributed by atoms with E-state index in [-0.39, 0.29) is 0 Å². The first-order valence-corrected chi connectivity index (χ1v) is 6.48. The van der Waals surface area contributed by atoms with Crippen LogP contribution in [0.25, 0.3) is 0 Å². The number of ether oxygens (including phenoxy) is 1. The molecule has 0 atom stereocenters. The van der Waals surface area contributed by atoms with Crippen molar-refractivity contribution in [2.75, 3.05) is 6.61 Å². The smallest absolute Gasteiger partial charge is 0.366 e. The molecule has 0 aliphatic rings. The van der Waals surface area contributed by atoms with E-state index in [9.17, 15) is 0 Å². The summed E-state index contributed by atoms with van der Waals surface area (Å²) in [7, 11) is 1.69. The van der Waals surface area contributed by atoms with E-state index in [4.69, 9.17) is 9.39 Å². The van der Waals surface area contributed by atoms with Crippen LogP contribution in [0.15, 0.2) is 24.3 Å². The van der Waals surface area contributed by atoms with E-state index in [0.717, 1.165) is 22.6 Å². The number of rotatable bonds is 5. The second-order valence-corrected chi connectivity index (χ2v) is 3.62. The number of allylic oxidation sites excluding steroid dienone is 1. The fraction of sp³-hybridized carbons (Fsp3) is 0.467. The molecule has 0 bridgehead atoms. The molecule has 0 aliphatic carbocycles. The Hall–Kier alpha value is -1.38. The number of hydrogen-bond donors (Lipinski definition) is 0. The Morgan fingerprint density at radius 2 is 1.72 bits per heavy atom. The SMILES string of the molecule is CC.C[B]Oc1c(C)cc(OC/C=C/C)cc1C. The predicted molar refractivity (Wildman–Crippen MR) is 79.8 cm³/mol. The van der Waals surface area contributed by atoms with Crippen molar-refractivity contribution < 1.29 is 9.39 Å². The molecule has 0 aliphatic heterocycles. The number of aryl methyl sites for hydroxylation is 2. The van der Waals surface area contributed by atoms with Gasteiger partial charge >= 0.3 is 7.48 Å². The van der Waals surface area contributed by atoms with E-state index in [1.54, 1.807) is 7.48 Å². The summed E-state index contributed by atoms with van der Waals surface area (Å²) < 4.78 is 11.0. The lowest BCUT2D eigenvalue weighted by molar-refractivity contribution is 0.361. The van der Waals surface area contributed by atoms with Gasteiger partial charge in [-0.15, -0.1) is 0 Å². The largest absolute Gasteiger partial charge is 0.563 e. The minimum Gasteiger partial charge on any atom is -0.563 e. The lowest BCUT2D eigenvalue weighted by Gasteiger charge is -2.13. The topological polar surface area (TPSA) is 18.5 Å². The Morgan fingerprint density at radius 1 is 1.17 bits per heavy atom. The van der Waals surface area contributed by atoms with Crippen molar-refractivity contribution in [2.24, 2.45) is 0 Å². The summed E-state index contributed by atoms with van der Waals surface area (Å²) >= 11 is 0. The summed E-state index contributed by atoms with van der Waals surface area (Å²) in [4.78, 5) is 0.